The van der Waals surface area contributed by atoms with E-state index in [1.54, 1.807) is 11.1 Å². The Bertz CT molecular complexity index is 580. The molecule has 2 aliphatic rings. The number of rotatable bonds is 9. The molecule has 1 aromatic rings. The van der Waals surface area contributed by atoms with Crippen molar-refractivity contribution >= 4 is 0 Å². The first-order valence-electron chi connectivity index (χ1n) is 12.3. The molecule has 0 N–H and O–H groups in total. The molecule has 0 radical (unpaired) electrons. The van der Waals surface area contributed by atoms with Crippen LogP contribution in [0.25, 0.3) is 0 Å². The lowest BCUT2D eigenvalue weighted by atomic mass is 9.75. The summed E-state index contributed by atoms with van der Waals surface area (Å²) < 4.78 is 0. The average Bonchev–Trinajstić information content (AvgIpc) is 2.75. The van der Waals surface area contributed by atoms with Crippen LogP contribution in [0.5, 0.6) is 0 Å². The van der Waals surface area contributed by atoms with Gasteiger partial charge in [-0.15, -0.1) is 0 Å². The molecular weight excluding hydrogens is 338 g/mol. The van der Waals surface area contributed by atoms with Crippen molar-refractivity contribution in [1.82, 2.24) is 0 Å². The van der Waals surface area contributed by atoms with Crippen LogP contribution in [0.1, 0.15) is 126 Å². The maximum Gasteiger partial charge on any atom is 0.0621 e. The van der Waals surface area contributed by atoms with E-state index in [1.165, 1.54) is 83.5 Å². The highest BCUT2D eigenvalue weighted by Gasteiger charge is 2.24. The Balaban J connectivity index is 1.41. The smallest absolute Gasteiger partial charge is 0.0621 e. The molecule has 0 atom stereocenters. The Morgan fingerprint density at radius 2 is 1.18 bits per heavy atom. The molecule has 2 fully saturated rings. The molecule has 3 rings (SSSR count). The van der Waals surface area contributed by atoms with Crippen LogP contribution >= 0.6 is 0 Å². The third-order valence-electron chi connectivity index (χ3n) is 7.69. The predicted octanol–water partition coefficient (Wildman–Crippen LogP) is 8.51. The molecule has 0 bridgehead atoms. The number of unbranched alkanes of at least 4 members (excludes halogenated alkanes) is 3. The predicted molar refractivity (Wildman–Crippen MR) is 119 cm³/mol. The van der Waals surface area contributed by atoms with Gasteiger partial charge in [0.15, 0.2) is 0 Å². The fourth-order valence-corrected chi connectivity index (χ4v) is 5.76. The summed E-state index contributed by atoms with van der Waals surface area (Å²) in [5.74, 6) is 3.46. The average molecular weight is 380 g/mol. The summed E-state index contributed by atoms with van der Waals surface area (Å²) >= 11 is 0. The van der Waals surface area contributed by atoms with Gasteiger partial charge in [0.25, 0.3) is 0 Å². The molecule has 28 heavy (non-hydrogen) atoms. The van der Waals surface area contributed by atoms with Crippen molar-refractivity contribution in [2.75, 3.05) is 0 Å². The van der Waals surface area contributed by atoms with Gasteiger partial charge < -0.3 is 0 Å². The van der Waals surface area contributed by atoms with E-state index in [2.05, 4.69) is 37.3 Å². The van der Waals surface area contributed by atoms with Gasteiger partial charge in [-0.25, -0.2) is 0 Å². The highest BCUT2D eigenvalue weighted by molar-refractivity contribution is 5.28. The van der Waals surface area contributed by atoms with Crippen molar-refractivity contribution < 1.29 is 0 Å². The lowest BCUT2D eigenvalue weighted by molar-refractivity contribution is 0.302. The molecule has 0 aliphatic heterocycles. The van der Waals surface area contributed by atoms with Gasteiger partial charge in [0.2, 0.25) is 0 Å². The standard InChI is InChI=1S/C27H41N/c1-2-3-4-7-22-9-13-24(14-10-22)26-17-19-27(20-18-26)25-15-11-23(12-16-25)8-5-6-21-28/h17-20,22-25H,2-16H2,1H3. The minimum absolute atomic E-state index is 0.738. The zero-order valence-electron chi connectivity index (χ0n) is 18.2. The molecule has 1 aromatic carbocycles. The second-order valence-electron chi connectivity index (χ2n) is 9.65. The van der Waals surface area contributed by atoms with E-state index in [1.807, 2.05) is 0 Å². The van der Waals surface area contributed by atoms with Crippen molar-refractivity contribution in [3.63, 3.8) is 0 Å². The van der Waals surface area contributed by atoms with Crippen molar-refractivity contribution in [1.29, 1.82) is 5.26 Å². The van der Waals surface area contributed by atoms with Crippen LogP contribution in [0.15, 0.2) is 24.3 Å². The maximum atomic E-state index is 8.71. The highest BCUT2D eigenvalue weighted by atomic mass is 14.3. The number of benzene rings is 1. The molecule has 0 unspecified atom stereocenters. The first-order valence-corrected chi connectivity index (χ1v) is 12.3. The summed E-state index contributed by atoms with van der Waals surface area (Å²) in [6, 6.07) is 12.1. The van der Waals surface area contributed by atoms with Crippen LogP contribution in [0.3, 0.4) is 0 Å². The number of hydrogen-bond acceptors (Lipinski definition) is 1. The van der Waals surface area contributed by atoms with Gasteiger partial charge in [-0.3, -0.25) is 0 Å². The van der Waals surface area contributed by atoms with E-state index in [9.17, 15) is 0 Å². The maximum absolute atomic E-state index is 8.71. The van der Waals surface area contributed by atoms with Gasteiger partial charge in [0.05, 0.1) is 6.07 Å². The topological polar surface area (TPSA) is 23.8 Å². The largest absolute Gasteiger partial charge is 0.198 e. The number of hydrogen-bond donors (Lipinski definition) is 0. The first kappa shape index (κ1) is 21.4. The lowest BCUT2D eigenvalue weighted by Crippen LogP contribution is -2.14. The SMILES string of the molecule is CCCCCC1CCC(c2ccc(C3CCC(CCCC#N)CC3)cc2)CC1. The molecule has 154 valence electrons. The molecule has 0 amide bonds. The van der Waals surface area contributed by atoms with Gasteiger partial charge in [0, 0.05) is 6.42 Å². The van der Waals surface area contributed by atoms with Crippen molar-refractivity contribution in [2.45, 2.75) is 115 Å². The fraction of sp³-hybridized carbons (Fsp3) is 0.741. The number of nitriles is 1. The van der Waals surface area contributed by atoms with Crippen LogP contribution < -0.4 is 0 Å². The lowest BCUT2D eigenvalue weighted by Gasteiger charge is -2.30. The van der Waals surface area contributed by atoms with Crippen LogP contribution in [0.4, 0.5) is 0 Å². The first-order chi connectivity index (χ1) is 13.8. The van der Waals surface area contributed by atoms with Crippen LogP contribution in [-0.4, -0.2) is 0 Å². The zero-order valence-corrected chi connectivity index (χ0v) is 18.2. The summed E-state index contributed by atoms with van der Waals surface area (Å²) in [5.41, 5.74) is 3.17. The molecule has 0 heterocycles. The van der Waals surface area contributed by atoms with Crippen LogP contribution in [-0.2, 0) is 0 Å². The second kappa shape index (κ2) is 11.6. The third-order valence-corrected chi connectivity index (χ3v) is 7.69. The molecular formula is C27H41N. The van der Waals surface area contributed by atoms with Crippen molar-refractivity contribution in [2.24, 2.45) is 11.8 Å². The highest BCUT2D eigenvalue weighted by Crippen LogP contribution is 2.40. The van der Waals surface area contributed by atoms with E-state index in [4.69, 9.17) is 5.26 Å². The van der Waals surface area contributed by atoms with Crippen LogP contribution in [0.2, 0.25) is 0 Å². The van der Waals surface area contributed by atoms with Gasteiger partial charge in [-0.2, -0.15) is 5.26 Å². The molecule has 0 aromatic heterocycles. The summed E-state index contributed by atoms with van der Waals surface area (Å²) in [7, 11) is 0. The van der Waals surface area contributed by atoms with Crippen LogP contribution in [0, 0.1) is 23.2 Å². The van der Waals surface area contributed by atoms with E-state index in [0.29, 0.717) is 0 Å². The van der Waals surface area contributed by atoms with E-state index in [0.717, 1.165) is 36.5 Å². The fourth-order valence-electron chi connectivity index (χ4n) is 5.76. The minimum Gasteiger partial charge on any atom is -0.198 e. The Morgan fingerprint density at radius 3 is 1.61 bits per heavy atom. The summed E-state index contributed by atoms with van der Waals surface area (Å²) in [6.45, 7) is 2.31. The number of nitrogens with zero attached hydrogens (tertiary/aromatic N) is 1. The third kappa shape index (κ3) is 6.37. The van der Waals surface area contributed by atoms with E-state index >= 15 is 0 Å². The van der Waals surface area contributed by atoms with E-state index < -0.39 is 0 Å². The van der Waals surface area contributed by atoms with Gasteiger partial charge in [-0.05, 0) is 99.0 Å². The molecule has 2 saturated carbocycles. The molecule has 2 aliphatic carbocycles. The summed E-state index contributed by atoms with van der Waals surface area (Å²) in [4.78, 5) is 0. The quantitative estimate of drug-likeness (QED) is 0.394. The molecule has 1 heteroatoms. The van der Waals surface area contributed by atoms with Gasteiger partial charge in [0.1, 0.15) is 0 Å². The Hall–Kier alpha value is -1.29. The minimum atomic E-state index is 0.738. The summed E-state index contributed by atoms with van der Waals surface area (Å²) in [5, 5.41) is 8.71. The van der Waals surface area contributed by atoms with Crippen molar-refractivity contribution in [3.05, 3.63) is 35.4 Å². The normalized spacial score (nSPS) is 28.0. The second-order valence-corrected chi connectivity index (χ2v) is 9.65. The molecule has 0 spiro atoms. The summed E-state index contributed by atoms with van der Waals surface area (Å²) in [6.07, 6.45) is 19.9. The Labute approximate surface area is 173 Å². The van der Waals surface area contributed by atoms with E-state index in [-0.39, 0.29) is 0 Å². The van der Waals surface area contributed by atoms with Gasteiger partial charge in [-0.1, -0.05) is 56.9 Å². The van der Waals surface area contributed by atoms with Crippen molar-refractivity contribution in [3.8, 4) is 6.07 Å². The molecule has 0 saturated heterocycles. The molecule has 1 nitrogen and oxygen atoms in total. The Kier molecular flexibility index (Phi) is 8.91. The van der Waals surface area contributed by atoms with Gasteiger partial charge >= 0.3 is 0 Å². The Morgan fingerprint density at radius 1 is 0.714 bits per heavy atom. The monoisotopic (exact) mass is 379 g/mol. The zero-order chi connectivity index (χ0) is 19.6.